The zero-order valence-corrected chi connectivity index (χ0v) is 14.5. The van der Waals surface area contributed by atoms with E-state index in [2.05, 4.69) is 20.4 Å². The molecule has 2 aromatic heterocycles. The molecule has 0 spiro atoms. The van der Waals surface area contributed by atoms with Crippen molar-refractivity contribution < 1.29 is 19.5 Å². The molecule has 1 fully saturated rings. The summed E-state index contributed by atoms with van der Waals surface area (Å²) in [6, 6.07) is 0. The van der Waals surface area contributed by atoms with Gasteiger partial charge in [-0.05, 0) is 26.7 Å². The highest BCUT2D eigenvalue weighted by Crippen LogP contribution is 2.38. The van der Waals surface area contributed by atoms with Gasteiger partial charge in [0.05, 0.1) is 30.7 Å². The monoisotopic (exact) mass is 348 g/mol. The van der Waals surface area contributed by atoms with Crippen LogP contribution >= 0.6 is 0 Å². The van der Waals surface area contributed by atoms with Crippen molar-refractivity contribution >= 4 is 0 Å². The summed E-state index contributed by atoms with van der Waals surface area (Å²) in [7, 11) is 0. The lowest BCUT2D eigenvalue weighted by molar-refractivity contribution is 0.0438. The summed E-state index contributed by atoms with van der Waals surface area (Å²) in [5.41, 5.74) is 1.51. The fourth-order valence-corrected chi connectivity index (χ4v) is 3.35. The number of ether oxygens (including phenoxy) is 1. The Morgan fingerprint density at radius 1 is 1.28 bits per heavy atom. The van der Waals surface area contributed by atoms with Gasteiger partial charge in [0.25, 0.3) is 0 Å². The number of hydrogen-bond donors (Lipinski definition) is 3. The topological polar surface area (TPSA) is 114 Å². The van der Waals surface area contributed by atoms with Gasteiger partial charge in [0, 0.05) is 36.5 Å². The van der Waals surface area contributed by atoms with Crippen LogP contribution in [0, 0.1) is 19.3 Å². The van der Waals surface area contributed by atoms with Crippen molar-refractivity contribution in [2.24, 2.45) is 5.41 Å². The summed E-state index contributed by atoms with van der Waals surface area (Å²) < 4.78 is 10.9. The average molecular weight is 348 g/mol. The van der Waals surface area contributed by atoms with Crippen molar-refractivity contribution in [2.75, 3.05) is 13.2 Å². The number of aryl methyl sites for hydroxylation is 2. The third kappa shape index (κ3) is 4.15. The van der Waals surface area contributed by atoms with Gasteiger partial charge in [0.1, 0.15) is 5.76 Å². The zero-order valence-electron chi connectivity index (χ0n) is 14.5. The van der Waals surface area contributed by atoms with Crippen molar-refractivity contribution in [3.8, 4) is 5.88 Å². The average Bonchev–Trinajstić information content (AvgIpc) is 3.07. The molecule has 0 amide bonds. The van der Waals surface area contributed by atoms with Crippen LogP contribution in [0.4, 0.5) is 0 Å². The van der Waals surface area contributed by atoms with Crippen molar-refractivity contribution in [2.45, 2.75) is 45.4 Å². The molecular formula is C17H24N4O4. The largest absolute Gasteiger partial charge is 0.476 e. The molecule has 0 bridgehead atoms. The predicted octanol–water partition coefficient (Wildman–Crippen LogP) is 0.752. The summed E-state index contributed by atoms with van der Waals surface area (Å²) in [6.07, 6.45) is 4.13. The highest BCUT2D eigenvalue weighted by atomic mass is 16.5. The maximum Gasteiger partial charge on any atom is 0.232 e. The van der Waals surface area contributed by atoms with E-state index < -0.39 is 12.2 Å². The Morgan fingerprint density at radius 2 is 2.04 bits per heavy atom. The van der Waals surface area contributed by atoms with Crippen LogP contribution in [0.5, 0.6) is 5.88 Å². The lowest BCUT2D eigenvalue weighted by Gasteiger charge is -2.29. The molecule has 1 aliphatic carbocycles. The second kappa shape index (κ2) is 7.47. The fraction of sp³-hybridized carbons (Fsp3) is 0.588. The molecule has 0 aromatic carbocycles. The van der Waals surface area contributed by atoms with E-state index in [9.17, 15) is 10.2 Å². The van der Waals surface area contributed by atoms with Crippen molar-refractivity contribution in [1.29, 1.82) is 0 Å². The molecule has 3 N–H and O–H groups in total. The van der Waals surface area contributed by atoms with Gasteiger partial charge in [-0.3, -0.25) is 4.98 Å². The molecule has 0 aliphatic heterocycles. The molecule has 0 radical (unpaired) electrons. The number of nitrogens with one attached hydrogen (secondary N) is 1. The molecule has 2 aromatic rings. The first kappa shape index (κ1) is 17.8. The lowest BCUT2D eigenvalue weighted by Crippen LogP contribution is -2.38. The Morgan fingerprint density at radius 3 is 2.64 bits per heavy atom. The molecule has 136 valence electrons. The summed E-state index contributed by atoms with van der Waals surface area (Å²) >= 11 is 0. The second-order valence-electron chi connectivity index (χ2n) is 6.78. The highest BCUT2D eigenvalue weighted by molar-refractivity contribution is 5.20. The predicted molar refractivity (Wildman–Crippen MR) is 88.9 cm³/mol. The molecule has 8 nitrogen and oxygen atoms in total. The van der Waals surface area contributed by atoms with E-state index in [1.54, 1.807) is 18.6 Å². The van der Waals surface area contributed by atoms with E-state index in [1.807, 2.05) is 13.8 Å². The number of nitrogens with zero attached hydrogens (tertiary/aromatic N) is 3. The van der Waals surface area contributed by atoms with Gasteiger partial charge in [-0.1, -0.05) is 5.16 Å². The molecule has 1 unspecified atom stereocenters. The minimum absolute atomic E-state index is 0.342. The maximum absolute atomic E-state index is 10.0. The van der Waals surface area contributed by atoms with E-state index in [0.717, 1.165) is 17.0 Å². The SMILES string of the molecule is Cc1noc(C)c1CNCC1(COc2cnccn2)C[C@@H](O)[C@@H](O)C1. The molecule has 2 heterocycles. The van der Waals surface area contributed by atoms with Gasteiger partial charge in [0.2, 0.25) is 5.88 Å². The molecule has 1 aliphatic rings. The normalized spacial score (nSPS) is 26.1. The Bertz CT molecular complexity index is 662. The summed E-state index contributed by atoms with van der Waals surface area (Å²) in [4.78, 5) is 8.08. The number of aliphatic hydroxyl groups is 2. The molecule has 3 rings (SSSR count). The number of aliphatic hydroxyl groups excluding tert-OH is 2. The van der Waals surface area contributed by atoms with Crippen LogP contribution in [0.3, 0.4) is 0 Å². The summed E-state index contributed by atoms with van der Waals surface area (Å²) in [5.74, 6) is 1.23. The summed E-state index contributed by atoms with van der Waals surface area (Å²) in [5, 5.41) is 27.4. The molecular weight excluding hydrogens is 324 g/mol. The van der Waals surface area contributed by atoms with Crippen molar-refractivity contribution in [3.63, 3.8) is 0 Å². The van der Waals surface area contributed by atoms with E-state index in [4.69, 9.17) is 9.26 Å². The Balaban J connectivity index is 1.63. The van der Waals surface area contributed by atoms with Crippen LogP contribution in [0.1, 0.15) is 29.9 Å². The third-order valence-corrected chi connectivity index (χ3v) is 4.78. The fourth-order valence-electron chi connectivity index (χ4n) is 3.35. The van der Waals surface area contributed by atoms with Gasteiger partial charge >= 0.3 is 0 Å². The molecule has 8 heteroatoms. The van der Waals surface area contributed by atoms with E-state index in [1.165, 1.54) is 0 Å². The Labute approximate surface area is 146 Å². The summed E-state index contributed by atoms with van der Waals surface area (Å²) in [6.45, 7) is 5.33. The zero-order chi connectivity index (χ0) is 17.9. The lowest BCUT2D eigenvalue weighted by atomic mass is 9.86. The Hall–Kier alpha value is -2.03. The van der Waals surface area contributed by atoms with E-state index in [0.29, 0.717) is 38.4 Å². The maximum atomic E-state index is 10.0. The first-order chi connectivity index (χ1) is 12.0. The van der Waals surface area contributed by atoms with E-state index in [-0.39, 0.29) is 5.41 Å². The Kier molecular flexibility index (Phi) is 5.31. The number of hydrogen-bond acceptors (Lipinski definition) is 8. The third-order valence-electron chi connectivity index (χ3n) is 4.78. The van der Waals surface area contributed by atoms with Crippen LogP contribution in [0.2, 0.25) is 0 Å². The molecule has 25 heavy (non-hydrogen) atoms. The van der Waals surface area contributed by atoms with Gasteiger partial charge in [-0.25, -0.2) is 4.98 Å². The van der Waals surface area contributed by atoms with E-state index >= 15 is 0 Å². The first-order valence-corrected chi connectivity index (χ1v) is 8.36. The van der Waals surface area contributed by atoms with Crippen molar-refractivity contribution in [1.82, 2.24) is 20.4 Å². The molecule has 3 atom stereocenters. The number of aromatic nitrogens is 3. The van der Waals surface area contributed by atoms with Crippen LogP contribution in [-0.2, 0) is 6.54 Å². The van der Waals surface area contributed by atoms with Crippen LogP contribution < -0.4 is 10.1 Å². The minimum Gasteiger partial charge on any atom is -0.476 e. The van der Waals surface area contributed by atoms with Crippen LogP contribution in [-0.4, -0.2) is 50.7 Å². The second-order valence-corrected chi connectivity index (χ2v) is 6.78. The van der Waals surface area contributed by atoms with Gasteiger partial charge < -0.3 is 24.8 Å². The minimum atomic E-state index is -0.744. The van der Waals surface area contributed by atoms with Crippen LogP contribution in [0.15, 0.2) is 23.1 Å². The van der Waals surface area contributed by atoms with Gasteiger partial charge in [-0.2, -0.15) is 0 Å². The van der Waals surface area contributed by atoms with Crippen molar-refractivity contribution in [3.05, 3.63) is 35.6 Å². The molecule has 0 saturated heterocycles. The smallest absolute Gasteiger partial charge is 0.232 e. The first-order valence-electron chi connectivity index (χ1n) is 8.36. The standard InChI is InChI=1S/C17H24N4O4/c1-11-13(12(2)25-21-11)7-19-9-17(5-14(22)15(23)6-17)10-24-16-8-18-3-4-20-16/h3-4,8,14-15,19,22-23H,5-7,9-10H2,1-2H3/t14-,15+,17?. The molecule has 1 saturated carbocycles. The number of rotatable bonds is 7. The van der Waals surface area contributed by atoms with Gasteiger partial charge in [-0.15, -0.1) is 0 Å². The van der Waals surface area contributed by atoms with Crippen LogP contribution in [0.25, 0.3) is 0 Å². The van der Waals surface area contributed by atoms with Gasteiger partial charge in [0.15, 0.2) is 0 Å². The highest BCUT2D eigenvalue weighted by Gasteiger charge is 2.44. The quantitative estimate of drug-likeness (QED) is 0.672.